The maximum atomic E-state index is 13.6. The van der Waals surface area contributed by atoms with Crippen LogP contribution in [0.15, 0.2) is 18.2 Å². The number of aromatic nitrogens is 2. The molecule has 1 heterocycles. The minimum Gasteiger partial charge on any atom is -0.347 e. The molecule has 0 unspecified atom stereocenters. The summed E-state index contributed by atoms with van der Waals surface area (Å²) >= 11 is 0.993. The van der Waals surface area contributed by atoms with E-state index in [1.54, 1.807) is 6.92 Å². The first-order valence-corrected chi connectivity index (χ1v) is 6.15. The molecule has 2 aromatic rings. The van der Waals surface area contributed by atoms with Gasteiger partial charge in [0.15, 0.2) is 0 Å². The molecule has 2 rings (SSSR count). The van der Waals surface area contributed by atoms with E-state index in [0.29, 0.717) is 16.1 Å². The van der Waals surface area contributed by atoms with Gasteiger partial charge in [-0.15, -0.1) is 5.10 Å². The summed E-state index contributed by atoms with van der Waals surface area (Å²) in [4.78, 5) is 12.2. The van der Waals surface area contributed by atoms with Crippen LogP contribution >= 0.6 is 11.5 Å². The van der Waals surface area contributed by atoms with Gasteiger partial charge in [0.05, 0.1) is 17.3 Å². The number of carbonyl (C=O) groups excluding carboxylic acids is 1. The lowest BCUT2D eigenvalue weighted by atomic mass is 10.1. The summed E-state index contributed by atoms with van der Waals surface area (Å²) in [5.74, 6) is -0.852. The summed E-state index contributed by atoms with van der Waals surface area (Å²) in [6, 6.07) is 5.97. The van der Waals surface area contributed by atoms with Crippen LogP contribution in [0.3, 0.4) is 0 Å². The Balaban J connectivity index is 2.06. The second-order valence-electron chi connectivity index (χ2n) is 3.79. The van der Waals surface area contributed by atoms with Gasteiger partial charge >= 0.3 is 0 Å². The van der Waals surface area contributed by atoms with E-state index in [0.717, 1.165) is 17.6 Å². The van der Waals surface area contributed by atoms with E-state index in [2.05, 4.69) is 14.9 Å². The summed E-state index contributed by atoms with van der Waals surface area (Å²) < 4.78 is 17.2. The zero-order chi connectivity index (χ0) is 13.8. The van der Waals surface area contributed by atoms with Crippen LogP contribution in [0.2, 0.25) is 0 Å². The third kappa shape index (κ3) is 2.92. The Bertz CT molecular complexity index is 662. The fraction of sp³-hybridized carbons (Fsp3) is 0.167. The fourth-order valence-electron chi connectivity index (χ4n) is 1.46. The van der Waals surface area contributed by atoms with Gasteiger partial charge < -0.3 is 5.32 Å². The van der Waals surface area contributed by atoms with Gasteiger partial charge in [-0.05, 0) is 30.6 Å². The Morgan fingerprint density at radius 1 is 1.58 bits per heavy atom. The van der Waals surface area contributed by atoms with Crippen LogP contribution in [-0.4, -0.2) is 15.5 Å². The Hall–Kier alpha value is -2.33. The first-order valence-electron chi connectivity index (χ1n) is 5.37. The standard InChI is InChI=1S/C12H9FN4OS/c1-7-11(19-17-16-7)12(18)15-6-9-3-2-8(5-14)4-10(9)13/h2-4H,6H2,1H3,(H,15,18). The molecule has 1 aromatic carbocycles. The average Bonchev–Trinajstić information content (AvgIpc) is 2.83. The molecule has 0 fully saturated rings. The van der Waals surface area contributed by atoms with E-state index in [1.165, 1.54) is 12.1 Å². The predicted molar refractivity (Wildman–Crippen MR) is 66.9 cm³/mol. The molecular formula is C12H9FN4OS. The lowest BCUT2D eigenvalue weighted by Gasteiger charge is -2.05. The molecule has 0 aliphatic heterocycles. The average molecular weight is 276 g/mol. The van der Waals surface area contributed by atoms with Crippen molar-refractivity contribution < 1.29 is 9.18 Å². The molecule has 7 heteroatoms. The van der Waals surface area contributed by atoms with Crippen LogP contribution in [0, 0.1) is 24.1 Å². The lowest BCUT2D eigenvalue weighted by Crippen LogP contribution is -2.23. The van der Waals surface area contributed by atoms with Gasteiger partial charge in [0.25, 0.3) is 5.91 Å². The highest BCUT2D eigenvalue weighted by molar-refractivity contribution is 7.07. The van der Waals surface area contributed by atoms with Crippen molar-refractivity contribution in [1.29, 1.82) is 5.26 Å². The van der Waals surface area contributed by atoms with Crippen LogP contribution in [0.4, 0.5) is 4.39 Å². The van der Waals surface area contributed by atoms with Crippen LogP contribution in [0.25, 0.3) is 0 Å². The Kier molecular flexibility index (Phi) is 3.82. The van der Waals surface area contributed by atoms with Crippen LogP contribution in [-0.2, 0) is 6.54 Å². The third-order valence-electron chi connectivity index (χ3n) is 2.48. The second-order valence-corrected chi connectivity index (χ2v) is 4.54. The van der Waals surface area contributed by atoms with Gasteiger partial charge in [-0.1, -0.05) is 10.6 Å². The minimum absolute atomic E-state index is 0.0493. The molecule has 0 spiro atoms. The number of hydrogen-bond donors (Lipinski definition) is 1. The summed E-state index contributed by atoms with van der Waals surface area (Å²) in [5.41, 5.74) is 1.11. The normalized spacial score (nSPS) is 9.95. The van der Waals surface area contributed by atoms with E-state index < -0.39 is 5.82 Å². The number of carbonyl (C=O) groups is 1. The van der Waals surface area contributed by atoms with Gasteiger partial charge in [0, 0.05) is 12.1 Å². The zero-order valence-corrected chi connectivity index (χ0v) is 10.8. The van der Waals surface area contributed by atoms with Crippen molar-refractivity contribution in [3.05, 3.63) is 45.7 Å². The predicted octanol–water partition coefficient (Wildman–Crippen LogP) is 1.79. The fourth-order valence-corrected chi connectivity index (χ4v) is 2.03. The molecule has 5 nitrogen and oxygen atoms in total. The van der Waals surface area contributed by atoms with Crippen LogP contribution < -0.4 is 5.32 Å². The number of amides is 1. The van der Waals surface area contributed by atoms with Crippen molar-refractivity contribution in [3.63, 3.8) is 0 Å². The largest absolute Gasteiger partial charge is 0.347 e. The number of nitriles is 1. The summed E-state index contributed by atoms with van der Waals surface area (Å²) in [6.45, 7) is 1.73. The van der Waals surface area contributed by atoms with Crippen LogP contribution in [0.5, 0.6) is 0 Å². The summed E-state index contributed by atoms with van der Waals surface area (Å²) in [6.07, 6.45) is 0. The first-order chi connectivity index (χ1) is 9.11. The highest BCUT2D eigenvalue weighted by Crippen LogP contribution is 2.12. The molecule has 0 bridgehead atoms. The van der Waals surface area contributed by atoms with E-state index in [9.17, 15) is 9.18 Å². The molecule has 0 atom stereocenters. The lowest BCUT2D eigenvalue weighted by molar-refractivity contribution is 0.0954. The minimum atomic E-state index is -0.515. The number of rotatable bonds is 3. The van der Waals surface area contributed by atoms with Crippen molar-refractivity contribution in [2.24, 2.45) is 0 Å². The third-order valence-corrected chi connectivity index (χ3v) is 3.31. The molecule has 0 aliphatic carbocycles. The second kappa shape index (κ2) is 5.54. The quantitative estimate of drug-likeness (QED) is 0.927. The number of hydrogen-bond acceptors (Lipinski definition) is 5. The van der Waals surface area contributed by atoms with E-state index >= 15 is 0 Å². The maximum absolute atomic E-state index is 13.6. The van der Waals surface area contributed by atoms with E-state index in [4.69, 9.17) is 5.26 Å². The van der Waals surface area contributed by atoms with Crippen molar-refractivity contribution in [1.82, 2.24) is 14.9 Å². The molecular weight excluding hydrogens is 267 g/mol. The van der Waals surface area contributed by atoms with Gasteiger partial charge in [0.2, 0.25) is 0 Å². The molecule has 0 aliphatic rings. The Labute approximate surface area is 112 Å². The van der Waals surface area contributed by atoms with E-state index in [1.807, 2.05) is 6.07 Å². The number of benzene rings is 1. The van der Waals surface area contributed by atoms with Crippen LogP contribution in [0.1, 0.15) is 26.5 Å². The number of aryl methyl sites for hydroxylation is 1. The smallest absolute Gasteiger partial charge is 0.265 e. The monoisotopic (exact) mass is 276 g/mol. The Morgan fingerprint density at radius 3 is 2.95 bits per heavy atom. The van der Waals surface area contributed by atoms with Crippen molar-refractivity contribution >= 4 is 17.4 Å². The van der Waals surface area contributed by atoms with Gasteiger partial charge in [-0.2, -0.15) is 5.26 Å². The highest BCUT2D eigenvalue weighted by Gasteiger charge is 2.13. The summed E-state index contributed by atoms with van der Waals surface area (Å²) in [7, 11) is 0. The Morgan fingerprint density at radius 2 is 2.37 bits per heavy atom. The molecule has 1 aromatic heterocycles. The zero-order valence-electron chi connectivity index (χ0n) is 9.98. The van der Waals surface area contributed by atoms with Gasteiger partial charge in [-0.3, -0.25) is 4.79 Å². The van der Waals surface area contributed by atoms with E-state index in [-0.39, 0.29) is 18.0 Å². The molecule has 0 radical (unpaired) electrons. The molecule has 19 heavy (non-hydrogen) atoms. The maximum Gasteiger partial charge on any atom is 0.265 e. The van der Waals surface area contributed by atoms with Gasteiger partial charge in [0.1, 0.15) is 10.7 Å². The molecule has 1 amide bonds. The van der Waals surface area contributed by atoms with Crippen molar-refractivity contribution in [3.8, 4) is 6.07 Å². The number of nitrogens with one attached hydrogen (secondary N) is 1. The highest BCUT2D eigenvalue weighted by atomic mass is 32.1. The topological polar surface area (TPSA) is 78.7 Å². The SMILES string of the molecule is Cc1nnsc1C(=O)NCc1ccc(C#N)cc1F. The molecule has 96 valence electrons. The number of nitrogens with zero attached hydrogens (tertiary/aromatic N) is 3. The van der Waals surface area contributed by atoms with Crippen molar-refractivity contribution in [2.75, 3.05) is 0 Å². The first kappa shape index (κ1) is 13.1. The van der Waals surface area contributed by atoms with Gasteiger partial charge in [-0.25, -0.2) is 4.39 Å². The number of halogens is 1. The molecule has 1 N–H and O–H groups in total. The van der Waals surface area contributed by atoms with Crippen molar-refractivity contribution in [2.45, 2.75) is 13.5 Å². The summed E-state index contributed by atoms with van der Waals surface area (Å²) in [5, 5.41) is 14.9. The molecule has 0 saturated heterocycles. The molecule has 0 saturated carbocycles.